The number of amides is 3. The molecule has 51 heavy (non-hydrogen) atoms. The molecule has 1 aromatic heterocycles. The molecule has 4 N–H and O–H groups in total. The van der Waals surface area contributed by atoms with Crippen molar-refractivity contribution in [2.45, 2.75) is 70.7 Å². The zero-order valence-electron chi connectivity index (χ0n) is 29.2. The number of hydrazine groups is 1. The van der Waals surface area contributed by atoms with E-state index in [0.717, 1.165) is 28.7 Å². The van der Waals surface area contributed by atoms with Crippen LogP contribution in [0.4, 0.5) is 9.59 Å². The normalized spacial score (nSPS) is 20.2. The van der Waals surface area contributed by atoms with Gasteiger partial charge in [-0.05, 0) is 58.7 Å². The molecule has 2 saturated heterocycles. The van der Waals surface area contributed by atoms with Crippen LogP contribution in [-0.2, 0) is 36.7 Å². The number of nitrogens with one attached hydrogen (secondary N) is 3. The summed E-state index contributed by atoms with van der Waals surface area (Å²) in [6, 6.07) is 16.9. The minimum absolute atomic E-state index is 0.0544. The molecule has 2 aromatic carbocycles. The van der Waals surface area contributed by atoms with Gasteiger partial charge in [-0.15, -0.1) is 0 Å². The number of ether oxygens (including phenoxy) is 4. The molecule has 0 radical (unpaired) electrons. The van der Waals surface area contributed by atoms with Crippen molar-refractivity contribution >= 4 is 29.7 Å². The maximum atomic E-state index is 13.8. The van der Waals surface area contributed by atoms with E-state index in [4.69, 9.17) is 30.5 Å². The Labute approximate surface area is 302 Å². The van der Waals surface area contributed by atoms with Crippen LogP contribution in [0.15, 0.2) is 73.1 Å². The molecule has 0 spiro atoms. The quantitative estimate of drug-likeness (QED) is 0.185. The van der Waals surface area contributed by atoms with E-state index in [2.05, 4.69) is 21.0 Å². The van der Waals surface area contributed by atoms with Gasteiger partial charge in [0, 0.05) is 30.5 Å². The van der Waals surface area contributed by atoms with Crippen LogP contribution in [0.5, 0.6) is 0 Å². The monoisotopic (exact) mass is 723 g/mol. The van der Waals surface area contributed by atoms with Gasteiger partial charge in [0.1, 0.15) is 12.1 Å². The molecule has 2 aliphatic heterocycles. The average molecular weight is 724 g/mol. The topological polar surface area (TPSA) is 161 Å². The maximum Gasteiger partial charge on any atom is 0.422 e. The third-order valence-electron chi connectivity index (χ3n) is 8.94. The van der Waals surface area contributed by atoms with Crippen LogP contribution in [-0.4, -0.2) is 90.6 Å². The lowest BCUT2D eigenvalue weighted by atomic mass is 9.85. The van der Waals surface area contributed by atoms with Crippen molar-refractivity contribution in [2.75, 3.05) is 26.9 Å². The Morgan fingerprint density at radius 2 is 1.80 bits per heavy atom. The molecule has 274 valence electrons. The summed E-state index contributed by atoms with van der Waals surface area (Å²) >= 11 is 6.27. The van der Waals surface area contributed by atoms with Gasteiger partial charge >= 0.3 is 12.2 Å². The summed E-state index contributed by atoms with van der Waals surface area (Å²) in [5, 5.41) is 19.5. The summed E-state index contributed by atoms with van der Waals surface area (Å²) in [5.41, 5.74) is 5.60. The number of alkyl carbamates (subject to hydrolysis) is 1. The van der Waals surface area contributed by atoms with Crippen molar-refractivity contribution in [2.24, 2.45) is 11.3 Å². The molecule has 2 fully saturated rings. The van der Waals surface area contributed by atoms with Gasteiger partial charge in [0.15, 0.2) is 6.29 Å². The molecule has 3 amide bonds. The molecule has 3 aromatic rings. The molecule has 6 atom stereocenters. The van der Waals surface area contributed by atoms with E-state index in [1.54, 1.807) is 30.6 Å². The molecule has 13 nitrogen and oxygen atoms in total. The van der Waals surface area contributed by atoms with Crippen LogP contribution >= 0.6 is 11.6 Å². The highest BCUT2D eigenvalue weighted by Crippen LogP contribution is 2.33. The number of hydrogen-bond acceptors (Lipinski definition) is 10. The van der Waals surface area contributed by atoms with E-state index in [0.29, 0.717) is 11.6 Å². The van der Waals surface area contributed by atoms with Gasteiger partial charge in [-0.3, -0.25) is 15.2 Å². The molecule has 0 saturated carbocycles. The van der Waals surface area contributed by atoms with Crippen molar-refractivity contribution in [1.82, 2.24) is 26.1 Å². The number of benzene rings is 2. The Bertz CT molecular complexity index is 1620. The lowest BCUT2D eigenvalue weighted by Gasteiger charge is -2.34. The molecule has 3 heterocycles. The Kier molecular flexibility index (Phi) is 12.9. The van der Waals surface area contributed by atoms with Gasteiger partial charge in [0.25, 0.3) is 0 Å². The number of aliphatic hydroxyl groups excluding tert-OH is 1. The molecule has 14 heteroatoms. The van der Waals surface area contributed by atoms with Gasteiger partial charge in [-0.2, -0.15) is 0 Å². The number of hydrogen-bond donors (Lipinski definition) is 4. The largest absolute Gasteiger partial charge is 0.453 e. The summed E-state index contributed by atoms with van der Waals surface area (Å²) in [6.45, 7) is 6.25. The maximum absolute atomic E-state index is 13.8. The fraction of sp³-hybridized carbons (Fsp3) is 0.459. The molecule has 0 aliphatic carbocycles. The number of pyridine rings is 1. The molecule has 6 unspecified atom stereocenters. The average Bonchev–Trinajstić information content (AvgIpc) is 3.72. The smallest absolute Gasteiger partial charge is 0.422 e. The number of fused-ring (bicyclic) bond motifs is 1. The predicted molar refractivity (Wildman–Crippen MR) is 189 cm³/mol. The molecule has 5 rings (SSSR count). The standard InChI is InChI=1S/C37H46ClN5O8/c1-37(2,3)32(41-35(46)48-4)33(45)40-29(18-23-10-12-25(13-11-23)26-8-6-15-39-19-26)30(44)21-43(20-24-7-5-9-27(38)17-24)42-36(47)51-31-22-50-34-28(31)14-16-49-34/h5-13,15,17,19,28-32,34,44H,14,16,18,20-22H2,1-4H3,(H,40,45)(H,41,46)(H,42,47). The van der Waals surface area contributed by atoms with Crippen LogP contribution in [0.25, 0.3) is 11.1 Å². The van der Waals surface area contributed by atoms with E-state index in [-0.39, 0.29) is 38.3 Å². The third kappa shape index (κ3) is 10.6. The van der Waals surface area contributed by atoms with E-state index >= 15 is 0 Å². The SMILES string of the molecule is COC(=O)NC(C(=O)NC(Cc1ccc(-c2cccnc2)cc1)C(O)CN(Cc1cccc(Cl)c1)NC(=O)OC1COC2OCCC12)C(C)(C)C. The Morgan fingerprint density at radius 1 is 1.02 bits per heavy atom. The first kappa shape index (κ1) is 38.0. The first-order valence-electron chi connectivity index (χ1n) is 16.9. The summed E-state index contributed by atoms with van der Waals surface area (Å²) in [5.74, 6) is -0.562. The van der Waals surface area contributed by atoms with Crippen LogP contribution < -0.4 is 16.1 Å². The van der Waals surface area contributed by atoms with Crippen LogP contribution in [0.2, 0.25) is 5.02 Å². The van der Waals surface area contributed by atoms with Gasteiger partial charge in [-0.1, -0.05) is 74.8 Å². The van der Waals surface area contributed by atoms with Crippen molar-refractivity contribution in [3.05, 3.63) is 89.2 Å². The summed E-state index contributed by atoms with van der Waals surface area (Å²) in [4.78, 5) is 43.5. The van der Waals surface area contributed by atoms with Gasteiger partial charge < -0.3 is 34.7 Å². The fourth-order valence-corrected chi connectivity index (χ4v) is 6.43. The van der Waals surface area contributed by atoms with E-state index in [1.807, 2.05) is 63.2 Å². The number of rotatable bonds is 13. The number of carbonyl (C=O) groups is 3. The first-order chi connectivity index (χ1) is 24.4. The highest BCUT2D eigenvalue weighted by Gasteiger charge is 2.44. The zero-order valence-corrected chi connectivity index (χ0v) is 30.0. The number of nitrogens with zero attached hydrogens (tertiary/aromatic N) is 2. The Morgan fingerprint density at radius 3 is 2.49 bits per heavy atom. The van der Waals surface area contributed by atoms with Crippen LogP contribution in [0.3, 0.4) is 0 Å². The second-order valence-electron chi connectivity index (χ2n) is 13.9. The van der Waals surface area contributed by atoms with E-state index in [1.165, 1.54) is 12.1 Å². The van der Waals surface area contributed by atoms with Crippen molar-refractivity contribution in [3.8, 4) is 11.1 Å². The minimum Gasteiger partial charge on any atom is -0.453 e. The molecule has 0 bridgehead atoms. The summed E-state index contributed by atoms with van der Waals surface area (Å²) < 4.78 is 21.7. The Hall–Kier alpha value is -4.27. The van der Waals surface area contributed by atoms with E-state index in [9.17, 15) is 19.5 Å². The Balaban J connectivity index is 1.37. The predicted octanol–water partition coefficient (Wildman–Crippen LogP) is 4.47. The second-order valence-corrected chi connectivity index (χ2v) is 14.3. The summed E-state index contributed by atoms with van der Waals surface area (Å²) in [7, 11) is 1.22. The highest BCUT2D eigenvalue weighted by atomic mass is 35.5. The molecule has 2 aliphatic rings. The lowest BCUT2D eigenvalue weighted by Crippen LogP contribution is -2.59. The zero-order chi connectivity index (χ0) is 36.5. The number of carbonyl (C=O) groups excluding carboxylic acids is 3. The number of methoxy groups -OCH3 is 1. The number of aromatic nitrogens is 1. The van der Waals surface area contributed by atoms with Gasteiger partial charge in [0.2, 0.25) is 5.91 Å². The van der Waals surface area contributed by atoms with Crippen molar-refractivity contribution in [3.63, 3.8) is 0 Å². The minimum atomic E-state index is -1.22. The van der Waals surface area contributed by atoms with E-state index < -0.39 is 47.8 Å². The van der Waals surface area contributed by atoms with Gasteiger partial charge in [0.05, 0.1) is 38.4 Å². The highest BCUT2D eigenvalue weighted by molar-refractivity contribution is 6.30. The lowest BCUT2D eigenvalue weighted by molar-refractivity contribution is -0.127. The van der Waals surface area contributed by atoms with Crippen molar-refractivity contribution in [1.29, 1.82) is 0 Å². The first-order valence-corrected chi connectivity index (χ1v) is 17.3. The van der Waals surface area contributed by atoms with Gasteiger partial charge in [-0.25, -0.2) is 14.6 Å². The molecular weight excluding hydrogens is 678 g/mol. The molecular formula is C37H46ClN5O8. The fourth-order valence-electron chi connectivity index (χ4n) is 6.22. The number of aliphatic hydroxyl groups is 1. The van der Waals surface area contributed by atoms with Crippen molar-refractivity contribution < 1.29 is 38.4 Å². The summed E-state index contributed by atoms with van der Waals surface area (Å²) in [6.07, 6.45) is 0.876. The number of halogens is 1. The van der Waals surface area contributed by atoms with Crippen LogP contribution in [0, 0.1) is 11.3 Å². The van der Waals surface area contributed by atoms with Crippen LogP contribution in [0.1, 0.15) is 38.3 Å². The third-order valence-corrected chi connectivity index (χ3v) is 9.17. The second kappa shape index (κ2) is 17.3.